The summed E-state index contributed by atoms with van der Waals surface area (Å²) in [4.78, 5) is 10.4. The van der Waals surface area contributed by atoms with E-state index in [9.17, 15) is 9.90 Å². The molecule has 15 heavy (non-hydrogen) atoms. The number of hydrogen-bond acceptors (Lipinski definition) is 3. The van der Waals surface area contributed by atoms with E-state index >= 15 is 0 Å². The topological polar surface area (TPSA) is 83.6 Å². The van der Waals surface area contributed by atoms with Gasteiger partial charge in [0.2, 0.25) is 0 Å². The third kappa shape index (κ3) is 3.11. The van der Waals surface area contributed by atoms with Crippen molar-refractivity contribution < 1.29 is 15.0 Å². The molecule has 0 saturated carbocycles. The zero-order valence-electron chi connectivity index (χ0n) is 7.98. The molecule has 0 spiro atoms. The molecule has 4 N–H and O–H groups in total. The Bertz CT molecular complexity index is 347. The number of aliphatic carboxylic acids is 1. The standard InChI is InChI=1S/C10H12ClNO3/c11-6-2-1-3-8(13)10(6)7(12)4-5-9(14)15/h1-3,7,13H,4-5,12H2,(H,14,15). The summed E-state index contributed by atoms with van der Waals surface area (Å²) in [6, 6.07) is 4.12. The summed E-state index contributed by atoms with van der Waals surface area (Å²) in [7, 11) is 0. The molecular weight excluding hydrogens is 218 g/mol. The molecule has 5 heteroatoms. The van der Waals surface area contributed by atoms with Crippen LogP contribution in [-0.2, 0) is 4.79 Å². The molecule has 1 rings (SSSR count). The van der Waals surface area contributed by atoms with Crippen LogP contribution in [0.5, 0.6) is 5.75 Å². The first-order valence-corrected chi connectivity index (χ1v) is 4.85. The maximum absolute atomic E-state index is 10.4. The number of hydrogen-bond donors (Lipinski definition) is 3. The highest BCUT2D eigenvalue weighted by Crippen LogP contribution is 2.31. The van der Waals surface area contributed by atoms with Crippen molar-refractivity contribution in [2.45, 2.75) is 18.9 Å². The molecule has 0 aliphatic carbocycles. The Kier molecular flexibility index (Phi) is 3.94. The zero-order valence-corrected chi connectivity index (χ0v) is 8.74. The Morgan fingerprint density at radius 2 is 2.20 bits per heavy atom. The number of nitrogens with two attached hydrogens (primary N) is 1. The third-order valence-electron chi connectivity index (χ3n) is 2.07. The van der Waals surface area contributed by atoms with Gasteiger partial charge in [0, 0.05) is 23.0 Å². The van der Waals surface area contributed by atoms with Crippen molar-refractivity contribution in [1.29, 1.82) is 0 Å². The minimum atomic E-state index is -0.919. The first-order chi connectivity index (χ1) is 7.02. The molecule has 1 atom stereocenters. The average Bonchev–Trinajstić information content (AvgIpc) is 2.14. The Balaban J connectivity index is 2.81. The van der Waals surface area contributed by atoms with Gasteiger partial charge >= 0.3 is 5.97 Å². The highest BCUT2D eigenvalue weighted by atomic mass is 35.5. The lowest BCUT2D eigenvalue weighted by Gasteiger charge is -2.13. The van der Waals surface area contributed by atoms with Crippen molar-refractivity contribution in [1.82, 2.24) is 0 Å². The van der Waals surface area contributed by atoms with E-state index in [4.69, 9.17) is 22.4 Å². The van der Waals surface area contributed by atoms with E-state index in [0.717, 1.165) is 0 Å². The normalized spacial score (nSPS) is 12.4. The van der Waals surface area contributed by atoms with Gasteiger partial charge in [-0.05, 0) is 18.6 Å². The van der Waals surface area contributed by atoms with Crippen LogP contribution in [0.3, 0.4) is 0 Å². The van der Waals surface area contributed by atoms with Crippen LogP contribution in [0.2, 0.25) is 5.02 Å². The molecule has 0 amide bonds. The van der Waals surface area contributed by atoms with Crippen molar-refractivity contribution in [3.63, 3.8) is 0 Å². The third-order valence-corrected chi connectivity index (χ3v) is 2.40. The molecule has 82 valence electrons. The van der Waals surface area contributed by atoms with Crippen molar-refractivity contribution >= 4 is 17.6 Å². The molecule has 4 nitrogen and oxygen atoms in total. The van der Waals surface area contributed by atoms with E-state index < -0.39 is 12.0 Å². The monoisotopic (exact) mass is 229 g/mol. The van der Waals surface area contributed by atoms with Gasteiger partial charge in [-0.2, -0.15) is 0 Å². The van der Waals surface area contributed by atoms with Crippen molar-refractivity contribution in [2.24, 2.45) is 5.73 Å². The fourth-order valence-electron chi connectivity index (χ4n) is 1.32. The number of aromatic hydroxyl groups is 1. The van der Waals surface area contributed by atoms with Gasteiger partial charge in [-0.3, -0.25) is 4.79 Å². The lowest BCUT2D eigenvalue weighted by Crippen LogP contribution is -2.13. The Hall–Kier alpha value is -1.26. The second kappa shape index (κ2) is 5.00. The van der Waals surface area contributed by atoms with Crippen LogP contribution >= 0.6 is 11.6 Å². The second-order valence-electron chi connectivity index (χ2n) is 3.21. The highest BCUT2D eigenvalue weighted by Gasteiger charge is 2.15. The first-order valence-electron chi connectivity index (χ1n) is 4.47. The van der Waals surface area contributed by atoms with Crippen LogP contribution in [0.15, 0.2) is 18.2 Å². The van der Waals surface area contributed by atoms with E-state index in [-0.39, 0.29) is 18.6 Å². The van der Waals surface area contributed by atoms with E-state index in [1.165, 1.54) is 6.07 Å². The van der Waals surface area contributed by atoms with Gasteiger partial charge in [-0.15, -0.1) is 0 Å². The number of carboxylic acid groups (broad SMARTS) is 1. The molecule has 0 heterocycles. The summed E-state index contributed by atoms with van der Waals surface area (Å²) in [5.74, 6) is -0.919. The van der Waals surface area contributed by atoms with Crippen LogP contribution in [0, 0.1) is 0 Å². The quantitative estimate of drug-likeness (QED) is 0.737. The SMILES string of the molecule is NC(CCC(=O)O)c1c(O)cccc1Cl. The molecule has 1 aromatic carbocycles. The number of phenolic OH excluding ortho intramolecular Hbond substituents is 1. The van der Waals surface area contributed by atoms with Crippen LogP contribution in [0.1, 0.15) is 24.4 Å². The molecule has 1 unspecified atom stereocenters. The lowest BCUT2D eigenvalue weighted by molar-refractivity contribution is -0.137. The fraction of sp³-hybridized carbons (Fsp3) is 0.300. The predicted molar refractivity (Wildman–Crippen MR) is 56.9 cm³/mol. The highest BCUT2D eigenvalue weighted by molar-refractivity contribution is 6.31. The largest absolute Gasteiger partial charge is 0.508 e. The molecule has 0 aliphatic heterocycles. The number of phenols is 1. The molecule has 0 aromatic heterocycles. The van der Waals surface area contributed by atoms with Crippen LogP contribution < -0.4 is 5.73 Å². The van der Waals surface area contributed by atoms with E-state index in [1.54, 1.807) is 12.1 Å². The van der Waals surface area contributed by atoms with E-state index in [2.05, 4.69) is 0 Å². The zero-order chi connectivity index (χ0) is 11.4. The molecule has 0 bridgehead atoms. The maximum Gasteiger partial charge on any atom is 0.303 e. The van der Waals surface area contributed by atoms with E-state index in [1.807, 2.05) is 0 Å². The second-order valence-corrected chi connectivity index (χ2v) is 3.62. The molecule has 0 fully saturated rings. The Labute approximate surface area is 92.3 Å². The molecular formula is C10H12ClNO3. The molecule has 0 radical (unpaired) electrons. The number of carboxylic acids is 1. The van der Waals surface area contributed by atoms with Gasteiger partial charge in [0.25, 0.3) is 0 Å². The fourth-order valence-corrected chi connectivity index (χ4v) is 1.63. The van der Waals surface area contributed by atoms with Gasteiger partial charge < -0.3 is 15.9 Å². The maximum atomic E-state index is 10.4. The summed E-state index contributed by atoms with van der Waals surface area (Å²) in [6.07, 6.45) is 0.193. The summed E-state index contributed by atoms with van der Waals surface area (Å²) in [5.41, 5.74) is 6.14. The lowest BCUT2D eigenvalue weighted by atomic mass is 10.0. The van der Waals surface area contributed by atoms with Gasteiger partial charge in [0.05, 0.1) is 0 Å². The van der Waals surface area contributed by atoms with Crippen molar-refractivity contribution in [2.75, 3.05) is 0 Å². The van der Waals surface area contributed by atoms with Gasteiger partial charge in [-0.1, -0.05) is 17.7 Å². The number of benzene rings is 1. The van der Waals surface area contributed by atoms with Crippen LogP contribution in [0.25, 0.3) is 0 Å². The minimum Gasteiger partial charge on any atom is -0.508 e. The molecule has 1 aromatic rings. The van der Waals surface area contributed by atoms with Gasteiger partial charge in [0.15, 0.2) is 0 Å². The molecule has 0 aliphatic rings. The summed E-state index contributed by atoms with van der Waals surface area (Å²) in [5, 5.41) is 18.4. The van der Waals surface area contributed by atoms with Crippen molar-refractivity contribution in [3.05, 3.63) is 28.8 Å². The Morgan fingerprint density at radius 3 is 2.73 bits per heavy atom. The molecule has 0 saturated heterocycles. The summed E-state index contributed by atoms with van der Waals surface area (Å²) < 4.78 is 0. The first kappa shape index (κ1) is 11.8. The van der Waals surface area contributed by atoms with E-state index in [0.29, 0.717) is 10.6 Å². The predicted octanol–water partition coefficient (Wildman–Crippen LogP) is 1.91. The van der Waals surface area contributed by atoms with Crippen molar-refractivity contribution in [3.8, 4) is 5.75 Å². The number of halogens is 1. The Morgan fingerprint density at radius 1 is 1.53 bits per heavy atom. The smallest absolute Gasteiger partial charge is 0.303 e. The van der Waals surface area contributed by atoms with Gasteiger partial charge in [0.1, 0.15) is 5.75 Å². The number of carbonyl (C=O) groups is 1. The summed E-state index contributed by atoms with van der Waals surface area (Å²) in [6.45, 7) is 0. The van der Waals surface area contributed by atoms with Crippen LogP contribution in [-0.4, -0.2) is 16.2 Å². The van der Waals surface area contributed by atoms with Gasteiger partial charge in [-0.25, -0.2) is 0 Å². The average molecular weight is 230 g/mol. The minimum absolute atomic E-state index is 0.000360. The van der Waals surface area contributed by atoms with Crippen LogP contribution in [0.4, 0.5) is 0 Å². The number of rotatable bonds is 4. The summed E-state index contributed by atoms with van der Waals surface area (Å²) >= 11 is 5.85.